The van der Waals surface area contributed by atoms with E-state index in [2.05, 4.69) is 20.4 Å². The largest absolute Gasteiger partial charge is 0.367 e. The summed E-state index contributed by atoms with van der Waals surface area (Å²) in [6.45, 7) is 0. The predicted molar refractivity (Wildman–Crippen MR) is 93.4 cm³/mol. The second-order valence-electron chi connectivity index (χ2n) is 6.31. The standard InChI is InChI=1S/C19H19FN4O/c20-14-7-4-6-13(12-14)17-23-19(25-24-17)16-10-5-11-21-18(16)22-15-8-2-1-3-9-15/h4-7,10-12,15H,1-3,8-9H2,(H,21,22). The van der Waals surface area contributed by atoms with Crippen molar-refractivity contribution in [2.75, 3.05) is 5.32 Å². The van der Waals surface area contributed by atoms with Gasteiger partial charge in [0.05, 0.1) is 5.56 Å². The summed E-state index contributed by atoms with van der Waals surface area (Å²) in [4.78, 5) is 8.87. The maximum absolute atomic E-state index is 13.4. The van der Waals surface area contributed by atoms with Gasteiger partial charge in [-0.3, -0.25) is 0 Å². The zero-order chi connectivity index (χ0) is 17.1. The number of rotatable bonds is 4. The van der Waals surface area contributed by atoms with Gasteiger partial charge in [0.15, 0.2) is 0 Å². The Kier molecular flexibility index (Phi) is 4.41. The molecule has 0 aliphatic heterocycles. The smallest absolute Gasteiger partial charge is 0.261 e. The minimum Gasteiger partial charge on any atom is -0.367 e. The van der Waals surface area contributed by atoms with Crippen LogP contribution >= 0.6 is 0 Å². The van der Waals surface area contributed by atoms with Crippen LogP contribution in [-0.4, -0.2) is 21.2 Å². The second kappa shape index (κ2) is 7.01. The maximum Gasteiger partial charge on any atom is 0.261 e. The van der Waals surface area contributed by atoms with Crippen LogP contribution < -0.4 is 5.32 Å². The predicted octanol–water partition coefficient (Wildman–Crippen LogP) is 4.68. The molecule has 0 amide bonds. The van der Waals surface area contributed by atoms with Crippen LogP contribution in [0.2, 0.25) is 0 Å². The van der Waals surface area contributed by atoms with Gasteiger partial charge in [-0.2, -0.15) is 4.98 Å². The zero-order valence-electron chi connectivity index (χ0n) is 13.8. The molecule has 0 saturated heterocycles. The van der Waals surface area contributed by atoms with E-state index in [4.69, 9.17) is 4.52 Å². The molecule has 5 nitrogen and oxygen atoms in total. The normalized spacial score (nSPS) is 15.2. The van der Waals surface area contributed by atoms with Crippen molar-refractivity contribution in [1.82, 2.24) is 15.1 Å². The third-order valence-electron chi connectivity index (χ3n) is 4.49. The minimum absolute atomic E-state index is 0.329. The molecule has 4 rings (SSSR count). The van der Waals surface area contributed by atoms with Gasteiger partial charge in [0.1, 0.15) is 11.6 Å². The SMILES string of the molecule is Fc1cccc(-c2noc(-c3cccnc3NC3CCCCC3)n2)c1. The molecular weight excluding hydrogens is 319 g/mol. The summed E-state index contributed by atoms with van der Waals surface area (Å²) in [7, 11) is 0. The van der Waals surface area contributed by atoms with Crippen molar-refractivity contribution >= 4 is 5.82 Å². The Morgan fingerprint density at radius 2 is 1.96 bits per heavy atom. The quantitative estimate of drug-likeness (QED) is 0.748. The van der Waals surface area contributed by atoms with E-state index >= 15 is 0 Å². The van der Waals surface area contributed by atoms with Crippen LogP contribution in [0.3, 0.4) is 0 Å². The molecule has 128 valence electrons. The van der Waals surface area contributed by atoms with Crippen LogP contribution in [0.1, 0.15) is 32.1 Å². The van der Waals surface area contributed by atoms with Gasteiger partial charge in [0.25, 0.3) is 5.89 Å². The van der Waals surface area contributed by atoms with Crippen molar-refractivity contribution < 1.29 is 8.91 Å². The lowest BCUT2D eigenvalue weighted by Gasteiger charge is -2.23. The number of anilines is 1. The molecule has 1 fully saturated rings. The molecular formula is C19H19FN4O. The number of hydrogen-bond acceptors (Lipinski definition) is 5. The molecule has 1 aromatic carbocycles. The fourth-order valence-electron chi connectivity index (χ4n) is 3.21. The van der Waals surface area contributed by atoms with E-state index in [1.165, 1.54) is 31.4 Å². The highest BCUT2D eigenvalue weighted by molar-refractivity contribution is 5.70. The summed E-state index contributed by atoms with van der Waals surface area (Å²) in [5.74, 6) is 1.17. The van der Waals surface area contributed by atoms with Crippen molar-refractivity contribution in [2.24, 2.45) is 0 Å². The first-order valence-electron chi connectivity index (χ1n) is 8.61. The van der Waals surface area contributed by atoms with Crippen LogP contribution in [0, 0.1) is 5.82 Å². The molecule has 0 radical (unpaired) electrons. The lowest BCUT2D eigenvalue weighted by Crippen LogP contribution is -2.23. The monoisotopic (exact) mass is 338 g/mol. The van der Waals surface area contributed by atoms with Crippen LogP contribution in [0.25, 0.3) is 22.8 Å². The van der Waals surface area contributed by atoms with Gasteiger partial charge in [-0.25, -0.2) is 9.37 Å². The van der Waals surface area contributed by atoms with Crippen molar-refractivity contribution in [1.29, 1.82) is 0 Å². The Morgan fingerprint density at radius 3 is 2.80 bits per heavy atom. The molecule has 25 heavy (non-hydrogen) atoms. The molecule has 1 N–H and O–H groups in total. The third-order valence-corrected chi connectivity index (χ3v) is 4.49. The van der Waals surface area contributed by atoms with Crippen molar-refractivity contribution in [3.8, 4) is 22.8 Å². The summed E-state index contributed by atoms with van der Waals surface area (Å²) in [5.41, 5.74) is 1.35. The summed E-state index contributed by atoms with van der Waals surface area (Å²) in [5, 5.41) is 7.49. The number of hydrogen-bond donors (Lipinski definition) is 1. The highest BCUT2D eigenvalue weighted by atomic mass is 19.1. The van der Waals surface area contributed by atoms with Gasteiger partial charge in [-0.15, -0.1) is 0 Å². The number of halogens is 1. The first-order valence-corrected chi connectivity index (χ1v) is 8.61. The third kappa shape index (κ3) is 3.52. The topological polar surface area (TPSA) is 63.8 Å². The lowest BCUT2D eigenvalue weighted by atomic mass is 9.95. The molecule has 1 aliphatic rings. The van der Waals surface area contributed by atoms with E-state index in [0.29, 0.717) is 23.3 Å². The van der Waals surface area contributed by atoms with E-state index in [9.17, 15) is 4.39 Å². The Bertz CT molecular complexity index is 858. The first kappa shape index (κ1) is 15.7. The molecule has 2 aromatic heterocycles. The Hall–Kier alpha value is -2.76. The minimum atomic E-state index is -0.329. The Balaban J connectivity index is 1.62. The summed E-state index contributed by atoms with van der Waals surface area (Å²) >= 11 is 0. The molecule has 0 spiro atoms. The van der Waals surface area contributed by atoms with Gasteiger partial charge in [0, 0.05) is 17.8 Å². The van der Waals surface area contributed by atoms with E-state index in [-0.39, 0.29) is 5.82 Å². The summed E-state index contributed by atoms with van der Waals surface area (Å²) in [6.07, 6.45) is 7.82. The Labute approximate surface area is 145 Å². The van der Waals surface area contributed by atoms with Crippen LogP contribution in [0.5, 0.6) is 0 Å². The molecule has 6 heteroatoms. The number of aromatic nitrogens is 3. The second-order valence-corrected chi connectivity index (χ2v) is 6.31. The lowest BCUT2D eigenvalue weighted by molar-refractivity contribution is 0.432. The van der Waals surface area contributed by atoms with Gasteiger partial charge < -0.3 is 9.84 Å². The number of nitrogens with zero attached hydrogens (tertiary/aromatic N) is 3. The molecule has 1 aliphatic carbocycles. The number of nitrogens with one attached hydrogen (secondary N) is 1. The van der Waals surface area contributed by atoms with Gasteiger partial charge in [-0.05, 0) is 37.1 Å². The van der Waals surface area contributed by atoms with Gasteiger partial charge >= 0.3 is 0 Å². The fraction of sp³-hybridized carbons (Fsp3) is 0.316. The highest BCUT2D eigenvalue weighted by Gasteiger charge is 2.19. The van der Waals surface area contributed by atoms with Crippen LogP contribution in [0.15, 0.2) is 47.1 Å². The van der Waals surface area contributed by atoms with Crippen molar-refractivity contribution in [2.45, 2.75) is 38.1 Å². The van der Waals surface area contributed by atoms with Gasteiger partial charge in [0.2, 0.25) is 5.82 Å². The van der Waals surface area contributed by atoms with Crippen LogP contribution in [0.4, 0.5) is 10.2 Å². The average Bonchev–Trinajstić information content (AvgIpc) is 3.13. The average molecular weight is 338 g/mol. The maximum atomic E-state index is 13.4. The molecule has 0 unspecified atom stereocenters. The van der Waals surface area contributed by atoms with E-state index < -0.39 is 0 Å². The molecule has 0 atom stereocenters. The number of pyridine rings is 1. The summed E-state index contributed by atoms with van der Waals surface area (Å²) in [6, 6.07) is 10.3. The van der Waals surface area contributed by atoms with E-state index in [1.807, 2.05) is 12.1 Å². The fourth-order valence-corrected chi connectivity index (χ4v) is 3.21. The highest BCUT2D eigenvalue weighted by Crippen LogP contribution is 2.29. The van der Waals surface area contributed by atoms with Crippen molar-refractivity contribution in [3.63, 3.8) is 0 Å². The van der Waals surface area contributed by atoms with E-state index in [1.54, 1.807) is 18.3 Å². The van der Waals surface area contributed by atoms with Gasteiger partial charge in [-0.1, -0.05) is 36.6 Å². The van der Waals surface area contributed by atoms with Crippen molar-refractivity contribution in [3.05, 3.63) is 48.4 Å². The Morgan fingerprint density at radius 1 is 1.08 bits per heavy atom. The number of benzene rings is 1. The molecule has 1 saturated carbocycles. The van der Waals surface area contributed by atoms with E-state index in [0.717, 1.165) is 24.2 Å². The molecule has 0 bridgehead atoms. The van der Waals surface area contributed by atoms with Crippen LogP contribution in [-0.2, 0) is 0 Å². The summed E-state index contributed by atoms with van der Waals surface area (Å²) < 4.78 is 18.8. The molecule has 3 aromatic rings. The molecule has 2 heterocycles. The zero-order valence-corrected chi connectivity index (χ0v) is 13.8. The first-order chi connectivity index (χ1) is 12.3.